The summed E-state index contributed by atoms with van der Waals surface area (Å²) in [7, 11) is 0. The van der Waals surface area contributed by atoms with E-state index in [0.717, 1.165) is 32.7 Å². The lowest BCUT2D eigenvalue weighted by Gasteiger charge is -2.51. The predicted molar refractivity (Wildman–Crippen MR) is 139 cm³/mol. The number of rotatable bonds is 8. The van der Waals surface area contributed by atoms with Crippen LogP contribution in [0.3, 0.4) is 0 Å². The number of benzene rings is 2. The summed E-state index contributed by atoms with van der Waals surface area (Å²) in [5.74, 6) is -3.05. The highest BCUT2D eigenvalue weighted by Crippen LogP contribution is 2.41. The fourth-order valence-corrected chi connectivity index (χ4v) is 6.27. The molecule has 188 valence electrons. The number of carbonyl (C=O) groups is 4. The van der Waals surface area contributed by atoms with Gasteiger partial charge in [0, 0.05) is 4.88 Å². The molecule has 0 spiro atoms. The molecule has 0 saturated carbocycles. The van der Waals surface area contributed by atoms with Crippen LogP contribution in [0.15, 0.2) is 89.2 Å². The first-order chi connectivity index (χ1) is 17.9. The Balaban J connectivity index is 1.34. The third kappa shape index (κ3) is 5.03. The molecule has 1 saturated heterocycles. The van der Waals surface area contributed by atoms with E-state index in [1.165, 1.54) is 16.7 Å². The van der Waals surface area contributed by atoms with Crippen molar-refractivity contribution in [2.24, 2.45) is 0 Å². The highest BCUT2D eigenvalue weighted by molar-refractivity contribution is 8.03. The summed E-state index contributed by atoms with van der Waals surface area (Å²) in [5.41, 5.74) is 1.32. The Kier molecular flexibility index (Phi) is 7.11. The second-order valence-corrected chi connectivity index (χ2v) is 10.5. The van der Waals surface area contributed by atoms with E-state index in [1.54, 1.807) is 0 Å². The molecule has 2 aromatic carbocycles. The smallest absolute Gasteiger partial charge is 0.338 e. The average Bonchev–Trinajstić information content (AvgIpc) is 3.43. The van der Waals surface area contributed by atoms with E-state index in [1.807, 2.05) is 78.2 Å². The van der Waals surface area contributed by atoms with E-state index in [9.17, 15) is 24.3 Å². The van der Waals surface area contributed by atoms with Gasteiger partial charge >= 0.3 is 11.9 Å². The van der Waals surface area contributed by atoms with Crippen LogP contribution in [-0.2, 0) is 30.3 Å². The maximum absolute atomic E-state index is 13.3. The van der Waals surface area contributed by atoms with Crippen LogP contribution in [0.4, 0.5) is 0 Å². The van der Waals surface area contributed by atoms with Gasteiger partial charge in [0.15, 0.2) is 12.1 Å². The van der Waals surface area contributed by atoms with Gasteiger partial charge in [-0.3, -0.25) is 9.59 Å². The molecule has 3 atom stereocenters. The first-order valence-electron chi connectivity index (χ1n) is 11.5. The fraction of sp³-hybridized carbons (Fsp3) is 0.185. The molecule has 0 radical (unpaired) electrons. The molecule has 37 heavy (non-hydrogen) atoms. The number of hydrogen-bond acceptors (Lipinski definition) is 7. The van der Waals surface area contributed by atoms with Gasteiger partial charge in [-0.1, -0.05) is 66.7 Å². The number of nitrogens with one attached hydrogen (secondary N) is 1. The molecule has 2 N–H and O–H groups in total. The Hall–Kier alpha value is -3.89. The number of nitrogens with zero attached hydrogens (tertiary/aromatic N) is 1. The van der Waals surface area contributed by atoms with Crippen LogP contribution in [0.1, 0.15) is 22.1 Å². The maximum Gasteiger partial charge on any atom is 0.338 e. The first-order valence-corrected chi connectivity index (χ1v) is 13.3. The van der Waals surface area contributed by atoms with Gasteiger partial charge in [-0.2, -0.15) is 0 Å². The minimum absolute atomic E-state index is 0.134. The van der Waals surface area contributed by atoms with E-state index in [-0.39, 0.29) is 17.9 Å². The summed E-state index contributed by atoms with van der Waals surface area (Å²) in [6, 6.07) is 19.6. The summed E-state index contributed by atoms with van der Waals surface area (Å²) in [5, 5.41) is 15.3. The van der Waals surface area contributed by atoms with Crippen LogP contribution in [0.5, 0.6) is 0 Å². The molecule has 0 aliphatic carbocycles. The number of β-lactam (4-membered cyclic amide) rings is 1. The van der Waals surface area contributed by atoms with Crippen molar-refractivity contribution in [1.29, 1.82) is 0 Å². The molecular formula is C27H22N2O6S2. The summed E-state index contributed by atoms with van der Waals surface area (Å²) in [6.45, 7) is 0. The van der Waals surface area contributed by atoms with Crippen molar-refractivity contribution in [1.82, 2.24) is 10.2 Å². The predicted octanol–water partition coefficient (Wildman–Crippen LogP) is 3.36. The van der Waals surface area contributed by atoms with E-state index >= 15 is 0 Å². The van der Waals surface area contributed by atoms with Gasteiger partial charge in [-0.25, -0.2) is 9.59 Å². The van der Waals surface area contributed by atoms with E-state index in [4.69, 9.17) is 4.74 Å². The largest absolute Gasteiger partial charge is 0.479 e. The number of aliphatic carboxylic acids is 1. The summed E-state index contributed by atoms with van der Waals surface area (Å²) < 4.78 is 5.85. The number of carboxylic acid groups (broad SMARTS) is 1. The molecule has 2 aliphatic rings. The Labute approximate surface area is 220 Å². The van der Waals surface area contributed by atoms with Gasteiger partial charge < -0.3 is 20.1 Å². The monoisotopic (exact) mass is 534 g/mol. The lowest BCUT2D eigenvalue weighted by molar-refractivity contribution is -0.162. The van der Waals surface area contributed by atoms with Crippen molar-refractivity contribution >= 4 is 46.9 Å². The molecule has 3 heterocycles. The van der Waals surface area contributed by atoms with Crippen LogP contribution in [-0.4, -0.2) is 51.2 Å². The average molecular weight is 535 g/mol. The van der Waals surface area contributed by atoms with Crippen LogP contribution in [0.25, 0.3) is 0 Å². The van der Waals surface area contributed by atoms with Crippen molar-refractivity contribution in [2.45, 2.75) is 30.0 Å². The van der Waals surface area contributed by atoms with Gasteiger partial charge in [0.2, 0.25) is 11.8 Å². The lowest BCUT2D eigenvalue weighted by atomic mass is 9.97. The lowest BCUT2D eigenvalue weighted by Crippen LogP contribution is -2.74. The summed E-state index contributed by atoms with van der Waals surface area (Å²) in [4.78, 5) is 52.9. The van der Waals surface area contributed by atoms with Crippen LogP contribution >= 0.6 is 23.1 Å². The Bertz CT molecular complexity index is 1300. The van der Waals surface area contributed by atoms with Crippen molar-refractivity contribution in [3.8, 4) is 0 Å². The second-order valence-electron chi connectivity index (χ2n) is 8.49. The fourth-order valence-electron chi connectivity index (χ4n) is 4.36. The standard InChI is InChI=1S/C27H22N2O6S2/c30-20(14-18-12-7-13-36-18)28-21-24(31)29-22(26(32)33)19(15-37-25(21)29)27(34)35-23(16-8-3-1-4-9-16)17-10-5-2-6-11-17/h1-13,15,21-23,25H,14H2,(H,28,30)(H,32,33)/t21?,22?,25-/m0/s1. The number of hydrogen-bond donors (Lipinski definition) is 2. The topological polar surface area (TPSA) is 113 Å². The zero-order valence-electron chi connectivity index (χ0n) is 19.4. The number of ether oxygens (including phenoxy) is 1. The van der Waals surface area contributed by atoms with Crippen molar-refractivity contribution in [2.75, 3.05) is 0 Å². The molecule has 5 rings (SSSR count). The van der Waals surface area contributed by atoms with Crippen molar-refractivity contribution in [3.05, 3.63) is 105 Å². The highest BCUT2D eigenvalue weighted by Gasteiger charge is 2.57. The second kappa shape index (κ2) is 10.6. The molecule has 0 bridgehead atoms. The normalized spacial score (nSPS) is 20.5. The molecule has 2 amide bonds. The van der Waals surface area contributed by atoms with Crippen LogP contribution in [0.2, 0.25) is 0 Å². The molecule has 2 unspecified atom stereocenters. The summed E-state index contributed by atoms with van der Waals surface area (Å²) >= 11 is 2.55. The van der Waals surface area contributed by atoms with Gasteiger partial charge in [0.25, 0.3) is 0 Å². The molecule has 10 heteroatoms. The van der Waals surface area contributed by atoms with Gasteiger partial charge in [-0.15, -0.1) is 23.1 Å². The van der Waals surface area contributed by atoms with Crippen molar-refractivity contribution < 1.29 is 29.0 Å². The number of esters is 1. The third-order valence-corrected chi connectivity index (χ3v) is 8.16. The van der Waals surface area contributed by atoms with Crippen LogP contribution < -0.4 is 5.32 Å². The number of thioether (sulfide) groups is 1. The Morgan fingerprint density at radius 2 is 1.62 bits per heavy atom. The molecule has 1 aromatic heterocycles. The van der Waals surface area contributed by atoms with E-state index in [2.05, 4.69) is 5.32 Å². The van der Waals surface area contributed by atoms with Gasteiger partial charge in [0.1, 0.15) is 11.4 Å². The summed E-state index contributed by atoms with van der Waals surface area (Å²) in [6.07, 6.45) is -0.626. The van der Waals surface area contributed by atoms with E-state index in [0.29, 0.717) is 0 Å². The van der Waals surface area contributed by atoms with Gasteiger partial charge in [-0.05, 0) is 28.0 Å². The first kappa shape index (κ1) is 24.8. The van der Waals surface area contributed by atoms with Crippen LogP contribution in [0, 0.1) is 0 Å². The number of fused-ring (bicyclic) bond motifs is 1. The molecule has 3 aromatic rings. The minimum atomic E-state index is -1.51. The van der Waals surface area contributed by atoms with Crippen molar-refractivity contribution in [3.63, 3.8) is 0 Å². The third-order valence-electron chi connectivity index (χ3n) is 6.12. The van der Waals surface area contributed by atoms with E-state index < -0.39 is 41.4 Å². The maximum atomic E-state index is 13.3. The van der Waals surface area contributed by atoms with Gasteiger partial charge in [0.05, 0.1) is 12.0 Å². The number of carboxylic acids is 1. The number of carbonyl (C=O) groups excluding carboxylic acids is 3. The quantitative estimate of drug-likeness (QED) is 0.337. The zero-order valence-corrected chi connectivity index (χ0v) is 21.0. The molecule has 8 nitrogen and oxygen atoms in total. The Morgan fingerprint density at radius 3 is 2.19 bits per heavy atom. The zero-order chi connectivity index (χ0) is 25.9. The number of amides is 2. The Morgan fingerprint density at radius 1 is 0.973 bits per heavy atom. The number of thiophene rings is 1. The highest BCUT2D eigenvalue weighted by atomic mass is 32.2. The minimum Gasteiger partial charge on any atom is -0.479 e. The molecule has 2 aliphatic heterocycles. The molecule has 1 fully saturated rings. The SMILES string of the molecule is O=C(Cc1cccs1)NC1C(=O)N2C(C(=O)O)C(C(=O)OC(c3ccccc3)c3ccccc3)=CS[C@@H]12. The molecular weight excluding hydrogens is 512 g/mol.